The van der Waals surface area contributed by atoms with Crippen LogP contribution in [-0.4, -0.2) is 22.9 Å². The maximum Gasteiger partial charge on any atom is 0.223 e. The lowest BCUT2D eigenvalue weighted by molar-refractivity contribution is -0.128. The first-order valence-corrected chi connectivity index (χ1v) is 5.32. The molecule has 0 saturated heterocycles. The van der Waals surface area contributed by atoms with Crippen LogP contribution in [0.1, 0.15) is 41.0 Å². The van der Waals surface area contributed by atoms with E-state index in [4.69, 9.17) is 5.73 Å². The predicted octanol–water partition coefficient (Wildman–Crippen LogP) is 1.88. The van der Waals surface area contributed by atoms with Crippen molar-refractivity contribution in [3.63, 3.8) is 0 Å². The smallest absolute Gasteiger partial charge is 0.223 e. The Hall–Kier alpha value is -0.830. The van der Waals surface area contributed by atoms with Gasteiger partial charge in [0.05, 0.1) is 0 Å². The van der Waals surface area contributed by atoms with Crippen molar-refractivity contribution in [2.24, 2.45) is 5.73 Å². The van der Waals surface area contributed by atoms with Crippen molar-refractivity contribution >= 4 is 5.91 Å². The number of allylic oxidation sites excluding steroid dienone is 1. The molecule has 1 rings (SSSR count). The average Bonchev–Trinajstić information content (AvgIpc) is 2.15. The largest absolute Gasteiger partial charge is 0.328 e. The molecule has 0 aromatic rings. The summed E-state index contributed by atoms with van der Waals surface area (Å²) in [6, 6.07) is 0.703. The molecule has 14 heavy (non-hydrogen) atoms. The van der Waals surface area contributed by atoms with Gasteiger partial charge in [0.15, 0.2) is 0 Å². The van der Waals surface area contributed by atoms with Crippen LogP contribution in [0.15, 0.2) is 12.3 Å². The zero-order chi connectivity index (χ0) is 10.6. The highest BCUT2D eigenvalue weighted by molar-refractivity contribution is 5.74. The molecule has 0 radical (unpaired) electrons. The molecule has 82 valence electrons. The molecule has 0 atom stereocenters. The molecule has 0 bridgehead atoms. The van der Waals surface area contributed by atoms with Crippen LogP contribution >= 0.6 is 0 Å². The molecular weight excluding hydrogens is 176 g/mol. The minimum atomic E-state index is 0. The standard InChI is InChI=1S/C11H20N2O.H2/c1-3-8-13(9(2)14)11-6-4-10(12)5-7-11;/h3,8,10-11H,4-7,12H2,1-2H3;1H/b8-3+;. The number of carbonyl (C=O) groups is 1. The summed E-state index contributed by atoms with van der Waals surface area (Å²) in [4.78, 5) is 13.2. The molecule has 2 N–H and O–H groups in total. The van der Waals surface area contributed by atoms with Crippen molar-refractivity contribution in [1.82, 2.24) is 4.90 Å². The molecule has 0 spiro atoms. The summed E-state index contributed by atoms with van der Waals surface area (Å²) < 4.78 is 0. The zero-order valence-electron chi connectivity index (χ0n) is 9.07. The summed E-state index contributed by atoms with van der Waals surface area (Å²) in [7, 11) is 0. The highest BCUT2D eigenvalue weighted by atomic mass is 16.2. The lowest BCUT2D eigenvalue weighted by Gasteiger charge is -2.33. The topological polar surface area (TPSA) is 46.3 Å². The van der Waals surface area contributed by atoms with Crippen molar-refractivity contribution in [2.45, 2.75) is 51.6 Å². The molecule has 0 aromatic heterocycles. The van der Waals surface area contributed by atoms with E-state index in [1.807, 2.05) is 24.1 Å². The molecule has 3 nitrogen and oxygen atoms in total. The van der Waals surface area contributed by atoms with E-state index in [-0.39, 0.29) is 7.33 Å². The Kier molecular flexibility index (Phi) is 4.14. The second-order valence-corrected chi connectivity index (χ2v) is 3.98. The number of hydrogen-bond donors (Lipinski definition) is 1. The SMILES string of the molecule is C/C=C/N(C(C)=O)C1CCC(N)CC1.[HH]. The summed E-state index contributed by atoms with van der Waals surface area (Å²) in [5.41, 5.74) is 5.83. The van der Waals surface area contributed by atoms with Gasteiger partial charge in [0.1, 0.15) is 0 Å². The molecule has 1 aliphatic carbocycles. The minimum absolute atomic E-state index is 0. The van der Waals surface area contributed by atoms with E-state index in [2.05, 4.69) is 0 Å². The van der Waals surface area contributed by atoms with Gasteiger partial charge in [-0.15, -0.1) is 0 Å². The Balaban J connectivity index is 0.00000196. The zero-order valence-corrected chi connectivity index (χ0v) is 9.07. The molecule has 3 heteroatoms. The highest BCUT2D eigenvalue weighted by Crippen LogP contribution is 2.22. The Bertz CT molecular complexity index is 223. The third-order valence-corrected chi connectivity index (χ3v) is 2.81. The molecule has 0 heterocycles. The average molecular weight is 198 g/mol. The van der Waals surface area contributed by atoms with Crippen LogP contribution < -0.4 is 5.73 Å². The van der Waals surface area contributed by atoms with Crippen molar-refractivity contribution < 1.29 is 6.22 Å². The third-order valence-electron chi connectivity index (χ3n) is 2.81. The first kappa shape index (κ1) is 11.2. The fraction of sp³-hybridized carbons (Fsp3) is 0.727. The van der Waals surface area contributed by atoms with Crippen molar-refractivity contribution in [2.75, 3.05) is 0 Å². The lowest BCUT2D eigenvalue weighted by atomic mass is 9.91. The van der Waals surface area contributed by atoms with Crippen molar-refractivity contribution in [1.29, 1.82) is 0 Å². The van der Waals surface area contributed by atoms with Gasteiger partial charge in [-0.05, 0) is 32.6 Å². The van der Waals surface area contributed by atoms with E-state index in [9.17, 15) is 4.79 Å². The van der Waals surface area contributed by atoms with Gasteiger partial charge < -0.3 is 10.6 Å². The van der Waals surface area contributed by atoms with Gasteiger partial charge in [-0.25, -0.2) is 0 Å². The molecule has 0 aromatic carbocycles. The van der Waals surface area contributed by atoms with Gasteiger partial charge in [-0.2, -0.15) is 0 Å². The van der Waals surface area contributed by atoms with Crippen LogP contribution in [0.25, 0.3) is 0 Å². The van der Waals surface area contributed by atoms with Crippen LogP contribution in [-0.2, 0) is 4.79 Å². The normalized spacial score (nSPS) is 27.9. The fourth-order valence-electron chi connectivity index (χ4n) is 2.02. The van der Waals surface area contributed by atoms with Gasteiger partial charge in [-0.1, -0.05) is 6.08 Å². The number of carbonyl (C=O) groups excluding carboxylic acids is 1. The van der Waals surface area contributed by atoms with Crippen molar-refractivity contribution in [3.8, 4) is 0 Å². The van der Waals surface area contributed by atoms with E-state index >= 15 is 0 Å². The summed E-state index contributed by atoms with van der Waals surface area (Å²) in [5.74, 6) is 0.128. The molecule has 1 amide bonds. The summed E-state index contributed by atoms with van der Waals surface area (Å²) in [6.45, 7) is 3.55. The van der Waals surface area contributed by atoms with Crippen LogP contribution in [0.3, 0.4) is 0 Å². The summed E-state index contributed by atoms with van der Waals surface area (Å²) in [6.07, 6.45) is 7.92. The van der Waals surface area contributed by atoms with E-state index in [0.29, 0.717) is 12.1 Å². The maximum atomic E-state index is 11.4. The molecular formula is C11H22N2O. The monoisotopic (exact) mass is 198 g/mol. The quantitative estimate of drug-likeness (QED) is 0.736. The first-order chi connectivity index (χ1) is 6.65. The van der Waals surface area contributed by atoms with E-state index in [0.717, 1.165) is 25.7 Å². The van der Waals surface area contributed by atoms with Gasteiger partial charge in [-0.3, -0.25) is 4.79 Å². The molecule has 0 aliphatic heterocycles. The lowest BCUT2D eigenvalue weighted by Crippen LogP contribution is -2.40. The van der Waals surface area contributed by atoms with Gasteiger partial charge in [0, 0.05) is 26.6 Å². The number of rotatable bonds is 2. The summed E-state index contributed by atoms with van der Waals surface area (Å²) in [5, 5.41) is 0. The van der Waals surface area contributed by atoms with Gasteiger partial charge in [0.2, 0.25) is 5.91 Å². The molecule has 1 saturated carbocycles. The number of amides is 1. The highest BCUT2D eigenvalue weighted by Gasteiger charge is 2.24. The van der Waals surface area contributed by atoms with Crippen LogP contribution in [0.4, 0.5) is 0 Å². The van der Waals surface area contributed by atoms with Gasteiger partial charge >= 0.3 is 0 Å². The summed E-state index contributed by atoms with van der Waals surface area (Å²) >= 11 is 0. The number of nitrogens with zero attached hydrogens (tertiary/aromatic N) is 1. The molecule has 1 fully saturated rings. The Labute approximate surface area is 87.4 Å². The van der Waals surface area contributed by atoms with Crippen LogP contribution in [0, 0.1) is 0 Å². The van der Waals surface area contributed by atoms with Gasteiger partial charge in [0.25, 0.3) is 0 Å². The van der Waals surface area contributed by atoms with Crippen LogP contribution in [0.5, 0.6) is 0 Å². The predicted molar refractivity (Wildman–Crippen MR) is 59.7 cm³/mol. The van der Waals surface area contributed by atoms with Crippen LogP contribution in [0.2, 0.25) is 0 Å². The second-order valence-electron chi connectivity index (χ2n) is 3.98. The minimum Gasteiger partial charge on any atom is -0.328 e. The maximum absolute atomic E-state index is 11.4. The Morgan fingerprint density at radius 1 is 1.43 bits per heavy atom. The molecule has 1 aliphatic rings. The van der Waals surface area contributed by atoms with E-state index in [1.54, 1.807) is 6.92 Å². The van der Waals surface area contributed by atoms with E-state index in [1.165, 1.54) is 0 Å². The Morgan fingerprint density at radius 2 is 2.00 bits per heavy atom. The molecule has 0 unspecified atom stereocenters. The Morgan fingerprint density at radius 3 is 2.43 bits per heavy atom. The number of hydrogen-bond acceptors (Lipinski definition) is 2. The first-order valence-electron chi connectivity index (χ1n) is 5.32. The fourth-order valence-corrected chi connectivity index (χ4v) is 2.02. The number of nitrogens with two attached hydrogens (primary N) is 1. The van der Waals surface area contributed by atoms with E-state index < -0.39 is 0 Å². The van der Waals surface area contributed by atoms with Crippen molar-refractivity contribution in [3.05, 3.63) is 12.3 Å². The third kappa shape index (κ3) is 2.84. The second kappa shape index (κ2) is 5.15.